The normalized spacial score (nSPS) is 14.8. The number of benzene rings is 3. The molecule has 4 N–H and O–H groups in total. The first-order valence-corrected chi connectivity index (χ1v) is 15.9. The van der Waals surface area contributed by atoms with E-state index in [1.54, 1.807) is 56.5 Å². The molecule has 49 heavy (non-hydrogen) atoms. The fraction of sp³-hybridized carbons (Fsp3) is 0.286. The third kappa shape index (κ3) is 9.59. The van der Waals surface area contributed by atoms with E-state index in [-0.39, 0.29) is 18.8 Å². The van der Waals surface area contributed by atoms with Gasteiger partial charge >= 0.3 is 12.0 Å². The van der Waals surface area contributed by atoms with Crippen LogP contribution in [0.1, 0.15) is 42.1 Å². The zero-order valence-corrected chi connectivity index (χ0v) is 29.0. The van der Waals surface area contributed by atoms with Crippen LogP contribution in [-0.2, 0) is 22.6 Å². The van der Waals surface area contributed by atoms with Crippen LogP contribution in [0.25, 0.3) is 0 Å². The van der Waals surface area contributed by atoms with Crippen LogP contribution in [0.4, 0.5) is 4.79 Å². The molecule has 0 radical (unpaired) electrons. The lowest BCUT2D eigenvalue weighted by atomic mass is 9.95. The number of aliphatic hydroxyl groups excluding tert-OH is 1. The number of hydrogen-bond donors (Lipinski definition) is 4. The van der Waals surface area contributed by atoms with Gasteiger partial charge in [-0.1, -0.05) is 41.4 Å². The van der Waals surface area contributed by atoms with E-state index >= 15 is 0 Å². The third-order valence-corrected chi connectivity index (χ3v) is 7.95. The molecule has 14 heteroatoms. The van der Waals surface area contributed by atoms with Crippen molar-refractivity contribution < 1.29 is 38.4 Å². The maximum Gasteiger partial charge on any atom is 0.337 e. The van der Waals surface area contributed by atoms with Crippen molar-refractivity contribution in [1.82, 2.24) is 16.1 Å². The van der Waals surface area contributed by atoms with Gasteiger partial charge in [0.2, 0.25) is 0 Å². The molecule has 0 bridgehead atoms. The minimum absolute atomic E-state index is 0.181. The summed E-state index contributed by atoms with van der Waals surface area (Å²) in [7, 11) is 2.81. The van der Waals surface area contributed by atoms with Crippen molar-refractivity contribution in [3.05, 3.63) is 105 Å². The molecule has 2 atom stereocenters. The van der Waals surface area contributed by atoms with Crippen LogP contribution in [0.15, 0.2) is 77.6 Å². The van der Waals surface area contributed by atoms with Gasteiger partial charge in [-0.2, -0.15) is 5.10 Å². The molecule has 0 saturated carbocycles. The van der Waals surface area contributed by atoms with Crippen LogP contribution in [0, 0.1) is 0 Å². The zero-order chi connectivity index (χ0) is 35.5. The van der Waals surface area contributed by atoms with Gasteiger partial charge in [-0.15, -0.1) is 6.58 Å². The molecule has 0 fully saturated rings. The largest absolute Gasteiger partial charge is 0.493 e. The first kappa shape index (κ1) is 36.9. The number of carbonyl (C=O) groups excluding carboxylic acids is 2. The highest BCUT2D eigenvalue weighted by Gasteiger charge is 2.32. The summed E-state index contributed by atoms with van der Waals surface area (Å²) >= 11 is 12.2. The van der Waals surface area contributed by atoms with Gasteiger partial charge in [-0.3, -0.25) is 5.43 Å². The van der Waals surface area contributed by atoms with E-state index < -0.39 is 24.3 Å². The predicted molar refractivity (Wildman–Crippen MR) is 187 cm³/mol. The van der Waals surface area contributed by atoms with E-state index in [2.05, 4.69) is 27.7 Å². The molecule has 1 heterocycles. The van der Waals surface area contributed by atoms with Crippen molar-refractivity contribution >= 4 is 41.4 Å². The summed E-state index contributed by atoms with van der Waals surface area (Å²) < 4.78 is 28.3. The lowest BCUT2D eigenvalue weighted by Crippen LogP contribution is -2.45. The highest BCUT2D eigenvalue weighted by molar-refractivity contribution is 6.42. The average Bonchev–Trinajstić information content (AvgIpc) is 3.08. The summed E-state index contributed by atoms with van der Waals surface area (Å²) in [6, 6.07) is 12.7. The minimum Gasteiger partial charge on any atom is -0.493 e. The number of methoxy groups -OCH3 is 2. The molecule has 4 rings (SSSR count). The van der Waals surface area contributed by atoms with Crippen molar-refractivity contribution in [2.75, 3.05) is 27.4 Å². The van der Waals surface area contributed by atoms with Crippen molar-refractivity contribution in [2.45, 2.75) is 39.1 Å². The Labute approximate surface area is 294 Å². The molecule has 1 aliphatic rings. The summed E-state index contributed by atoms with van der Waals surface area (Å²) in [5.41, 5.74) is 6.20. The standard InChI is InChI=1S/C35H38Cl2N4O8/c1-6-8-24-13-22(15-29(45-4)33(24)49-18-21-9-11-25(36)26(37)14-21)17-38-41-30(42)19-48-27-12-10-23(16-28(27)47-7-2)32-31(34(43)46-5)20(3)39-35(44)40-32/h6,9-17,30,32,41-42H,1,7-8,18-19H2,2-5H3,(H2,39,40,44)/b38-17-/t30-,32-/m1/s1. The molecular formula is C35H38Cl2N4O8. The number of halogens is 2. The van der Waals surface area contributed by atoms with Crippen molar-refractivity contribution in [2.24, 2.45) is 5.10 Å². The predicted octanol–water partition coefficient (Wildman–Crippen LogP) is 5.83. The summed E-state index contributed by atoms with van der Waals surface area (Å²) in [5, 5.41) is 21.0. The summed E-state index contributed by atoms with van der Waals surface area (Å²) in [5.74, 6) is 1.16. The van der Waals surface area contributed by atoms with Crippen molar-refractivity contribution in [1.29, 1.82) is 0 Å². The Morgan fingerprint density at radius 1 is 1.06 bits per heavy atom. The van der Waals surface area contributed by atoms with E-state index in [1.165, 1.54) is 13.3 Å². The number of nitrogens with zero attached hydrogens (tertiary/aromatic N) is 1. The average molecular weight is 714 g/mol. The van der Waals surface area contributed by atoms with Crippen molar-refractivity contribution in [3.63, 3.8) is 0 Å². The minimum atomic E-state index is -1.19. The van der Waals surface area contributed by atoms with Gasteiger partial charge in [0, 0.05) is 11.3 Å². The smallest absolute Gasteiger partial charge is 0.337 e. The zero-order valence-electron chi connectivity index (χ0n) is 27.5. The molecule has 0 unspecified atom stereocenters. The molecule has 2 amide bonds. The number of allylic oxidation sites excluding steroid dienone is 2. The van der Waals surface area contributed by atoms with Gasteiger partial charge in [-0.25, -0.2) is 9.59 Å². The Hall–Kier alpha value is -4.91. The SMILES string of the molecule is C=CCc1cc(/C=N\N[C@H](O)COc2ccc([C@H]3NC(=O)NC(C)=C3C(=O)OC)cc2OCC)cc(OC)c1OCc1ccc(Cl)c(Cl)c1. The number of rotatable bonds is 16. The Morgan fingerprint density at radius 2 is 1.86 bits per heavy atom. The molecule has 0 aliphatic carbocycles. The number of esters is 1. The summed E-state index contributed by atoms with van der Waals surface area (Å²) in [4.78, 5) is 24.7. The number of carbonyl (C=O) groups is 2. The number of hydrazone groups is 1. The monoisotopic (exact) mass is 712 g/mol. The summed E-state index contributed by atoms with van der Waals surface area (Å²) in [6.07, 6.45) is 2.60. The number of ether oxygens (including phenoxy) is 5. The van der Waals surface area contributed by atoms with E-state index in [0.29, 0.717) is 62.9 Å². The fourth-order valence-corrected chi connectivity index (χ4v) is 5.31. The maximum atomic E-state index is 12.5. The second kappa shape index (κ2) is 17.5. The van der Waals surface area contributed by atoms with Crippen LogP contribution < -0.4 is 35.0 Å². The van der Waals surface area contributed by atoms with Crippen LogP contribution in [-0.4, -0.2) is 57.0 Å². The molecule has 0 aromatic heterocycles. The first-order valence-electron chi connectivity index (χ1n) is 15.2. The van der Waals surface area contributed by atoms with Crippen LogP contribution in [0.2, 0.25) is 10.0 Å². The fourth-order valence-electron chi connectivity index (χ4n) is 4.99. The van der Waals surface area contributed by atoms with E-state index in [9.17, 15) is 14.7 Å². The Bertz CT molecular complexity index is 1750. The molecule has 0 saturated heterocycles. The highest BCUT2D eigenvalue weighted by atomic mass is 35.5. The number of aliphatic hydroxyl groups is 1. The molecule has 12 nitrogen and oxygen atoms in total. The van der Waals surface area contributed by atoms with Crippen molar-refractivity contribution in [3.8, 4) is 23.0 Å². The maximum absolute atomic E-state index is 12.5. The highest BCUT2D eigenvalue weighted by Crippen LogP contribution is 2.36. The Balaban J connectivity index is 1.43. The summed E-state index contributed by atoms with van der Waals surface area (Å²) in [6.45, 7) is 7.66. The molecule has 0 spiro atoms. The van der Waals surface area contributed by atoms with Gasteiger partial charge in [0.15, 0.2) is 29.2 Å². The molecule has 3 aromatic rings. The number of nitrogens with one attached hydrogen (secondary N) is 3. The van der Waals surface area contributed by atoms with Gasteiger partial charge in [0.1, 0.15) is 13.2 Å². The van der Waals surface area contributed by atoms with Gasteiger partial charge in [0.05, 0.1) is 48.7 Å². The lowest BCUT2D eigenvalue weighted by Gasteiger charge is -2.28. The number of amides is 2. The van der Waals surface area contributed by atoms with Gasteiger partial charge in [-0.05, 0) is 73.4 Å². The quantitative estimate of drug-likeness (QED) is 0.0473. The molecule has 1 aliphatic heterocycles. The van der Waals surface area contributed by atoms with E-state index in [4.69, 9.17) is 46.9 Å². The molecular weight excluding hydrogens is 675 g/mol. The second-order valence-corrected chi connectivity index (χ2v) is 11.5. The molecule has 3 aromatic carbocycles. The Morgan fingerprint density at radius 3 is 2.55 bits per heavy atom. The lowest BCUT2D eigenvalue weighted by molar-refractivity contribution is -0.136. The number of hydrogen-bond acceptors (Lipinski definition) is 10. The first-order chi connectivity index (χ1) is 23.6. The molecule has 260 valence electrons. The van der Waals surface area contributed by atoms with Gasteiger partial charge in [0.25, 0.3) is 0 Å². The third-order valence-electron chi connectivity index (χ3n) is 7.21. The Kier molecular flexibility index (Phi) is 13.2. The second-order valence-electron chi connectivity index (χ2n) is 10.7. The van der Waals surface area contributed by atoms with Crippen LogP contribution in [0.5, 0.6) is 23.0 Å². The van der Waals surface area contributed by atoms with E-state index in [0.717, 1.165) is 11.1 Å². The van der Waals surface area contributed by atoms with Gasteiger partial charge < -0.3 is 39.4 Å². The number of urea groups is 1. The van der Waals surface area contributed by atoms with E-state index in [1.807, 2.05) is 19.1 Å². The van der Waals surface area contributed by atoms with Crippen LogP contribution >= 0.6 is 23.2 Å². The van der Waals surface area contributed by atoms with Crippen LogP contribution in [0.3, 0.4) is 0 Å². The topological polar surface area (TPSA) is 149 Å².